The highest BCUT2D eigenvalue weighted by Gasteiger charge is 2.33. The molecule has 0 bridgehead atoms. The Morgan fingerprint density at radius 2 is 1.83 bits per heavy atom. The van der Waals surface area contributed by atoms with Gasteiger partial charge < -0.3 is 10.6 Å². The normalized spacial score (nSPS) is 23.8. The van der Waals surface area contributed by atoms with E-state index in [2.05, 4.69) is 32.6 Å². The maximum absolute atomic E-state index is 5.90. The molecule has 1 aliphatic heterocycles. The molecule has 72 valence electrons. The SMILES string of the molecule is CC(C)(N)CCN1CC(C)(C)C1. The molecule has 0 unspecified atom stereocenters. The lowest BCUT2D eigenvalue weighted by atomic mass is 9.84. The Morgan fingerprint density at radius 1 is 1.33 bits per heavy atom. The molecular weight excluding hydrogens is 148 g/mol. The molecule has 2 N–H and O–H groups in total. The van der Waals surface area contributed by atoms with Crippen LogP contribution in [0.2, 0.25) is 0 Å². The van der Waals surface area contributed by atoms with E-state index in [1.165, 1.54) is 13.1 Å². The van der Waals surface area contributed by atoms with Gasteiger partial charge in [0.05, 0.1) is 0 Å². The highest BCUT2D eigenvalue weighted by molar-refractivity contribution is 4.88. The molecule has 0 atom stereocenters. The summed E-state index contributed by atoms with van der Waals surface area (Å²) in [6, 6.07) is 0. The quantitative estimate of drug-likeness (QED) is 0.694. The maximum atomic E-state index is 5.90. The molecule has 0 aromatic heterocycles. The Kier molecular flexibility index (Phi) is 2.50. The molecule has 0 spiro atoms. The third kappa shape index (κ3) is 3.11. The largest absolute Gasteiger partial charge is 0.326 e. The third-order valence-electron chi connectivity index (χ3n) is 2.38. The van der Waals surface area contributed by atoms with E-state index in [1.807, 2.05) is 0 Å². The van der Waals surface area contributed by atoms with Crippen LogP contribution in [0.5, 0.6) is 0 Å². The van der Waals surface area contributed by atoms with Crippen molar-refractivity contribution >= 4 is 0 Å². The number of rotatable bonds is 3. The van der Waals surface area contributed by atoms with Crippen LogP contribution in [0.15, 0.2) is 0 Å². The van der Waals surface area contributed by atoms with E-state index in [9.17, 15) is 0 Å². The average molecular weight is 170 g/mol. The van der Waals surface area contributed by atoms with Crippen molar-refractivity contribution in [1.82, 2.24) is 4.90 Å². The van der Waals surface area contributed by atoms with Gasteiger partial charge in [0.2, 0.25) is 0 Å². The van der Waals surface area contributed by atoms with Gasteiger partial charge in [-0.15, -0.1) is 0 Å². The summed E-state index contributed by atoms with van der Waals surface area (Å²) < 4.78 is 0. The molecule has 12 heavy (non-hydrogen) atoms. The van der Waals surface area contributed by atoms with Gasteiger partial charge in [-0.1, -0.05) is 13.8 Å². The fourth-order valence-corrected chi connectivity index (χ4v) is 1.77. The molecule has 0 amide bonds. The zero-order chi connectivity index (χ0) is 9.41. The van der Waals surface area contributed by atoms with E-state index >= 15 is 0 Å². The molecular formula is C10H22N2. The van der Waals surface area contributed by atoms with Crippen LogP contribution in [-0.4, -0.2) is 30.1 Å². The Bertz CT molecular complexity index is 148. The molecule has 1 aliphatic rings. The Morgan fingerprint density at radius 3 is 2.17 bits per heavy atom. The van der Waals surface area contributed by atoms with Crippen molar-refractivity contribution in [3.05, 3.63) is 0 Å². The van der Waals surface area contributed by atoms with E-state index in [0.29, 0.717) is 5.41 Å². The van der Waals surface area contributed by atoms with Crippen LogP contribution in [0.3, 0.4) is 0 Å². The number of hydrogen-bond acceptors (Lipinski definition) is 2. The van der Waals surface area contributed by atoms with Crippen molar-refractivity contribution in [1.29, 1.82) is 0 Å². The highest BCUT2D eigenvalue weighted by Crippen LogP contribution is 2.28. The molecule has 1 saturated heterocycles. The molecule has 0 aromatic rings. The first-order valence-electron chi connectivity index (χ1n) is 4.80. The summed E-state index contributed by atoms with van der Waals surface area (Å²) in [5, 5.41) is 0. The van der Waals surface area contributed by atoms with Gasteiger partial charge >= 0.3 is 0 Å². The highest BCUT2D eigenvalue weighted by atomic mass is 15.2. The van der Waals surface area contributed by atoms with E-state index in [1.54, 1.807) is 0 Å². The van der Waals surface area contributed by atoms with Crippen molar-refractivity contribution in [2.45, 2.75) is 39.7 Å². The molecule has 2 nitrogen and oxygen atoms in total. The van der Waals surface area contributed by atoms with Crippen LogP contribution >= 0.6 is 0 Å². The number of nitrogens with zero attached hydrogens (tertiary/aromatic N) is 1. The van der Waals surface area contributed by atoms with Crippen LogP contribution in [-0.2, 0) is 0 Å². The van der Waals surface area contributed by atoms with Crippen molar-refractivity contribution in [2.75, 3.05) is 19.6 Å². The van der Waals surface area contributed by atoms with Crippen molar-refractivity contribution in [2.24, 2.45) is 11.1 Å². The summed E-state index contributed by atoms with van der Waals surface area (Å²) >= 11 is 0. The van der Waals surface area contributed by atoms with Gasteiger partial charge in [0, 0.05) is 18.6 Å². The first-order chi connectivity index (χ1) is 5.29. The standard InChI is InChI=1S/C10H22N2/c1-9(2)7-12(8-9)6-5-10(3,4)11/h5-8,11H2,1-4H3. The maximum Gasteiger partial charge on any atom is 0.0109 e. The van der Waals surface area contributed by atoms with Crippen LogP contribution in [0.1, 0.15) is 34.1 Å². The summed E-state index contributed by atoms with van der Waals surface area (Å²) in [4.78, 5) is 2.48. The van der Waals surface area contributed by atoms with Crippen LogP contribution < -0.4 is 5.73 Å². The molecule has 1 fully saturated rings. The molecule has 0 saturated carbocycles. The van der Waals surface area contributed by atoms with Gasteiger partial charge in [-0.3, -0.25) is 0 Å². The van der Waals surface area contributed by atoms with E-state index in [4.69, 9.17) is 5.73 Å². The Hall–Kier alpha value is -0.0800. The predicted octanol–water partition coefficient (Wildman–Crippen LogP) is 1.46. The number of nitrogens with two attached hydrogens (primary N) is 1. The molecule has 0 aromatic carbocycles. The van der Waals surface area contributed by atoms with Gasteiger partial charge in [-0.2, -0.15) is 0 Å². The fraction of sp³-hybridized carbons (Fsp3) is 1.00. The zero-order valence-electron chi connectivity index (χ0n) is 8.85. The minimum Gasteiger partial charge on any atom is -0.326 e. The lowest BCUT2D eigenvalue weighted by molar-refractivity contribution is 0.0265. The molecule has 1 heterocycles. The second-order valence-corrected chi connectivity index (χ2v) is 5.61. The summed E-state index contributed by atoms with van der Waals surface area (Å²) in [6.45, 7) is 12.5. The second-order valence-electron chi connectivity index (χ2n) is 5.61. The Balaban J connectivity index is 2.12. The molecule has 0 radical (unpaired) electrons. The monoisotopic (exact) mass is 170 g/mol. The molecule has 1 rings (SSSR count). The van der Waals surface area contributed by atoms with Crippen LogP contribution in [0.4, 0.5) is 0 Å². The molecule has 0 aliphatic carbocycles. The van der Waals surface area contributed by atoms with Crippen molar-refractivity contribution < 1.29 is 0 Å². The first-order valence-corrected chi connectivity index (χ1v) is 4.80. The van der Waals surface area contributed by atoms with Gasteiger partial charge in [-0.05, 0) is 32.2 Å². The van der Waals surface area contributed by atoms with Gasteiger partial charge in [-0.25, -0.2) is 0 Å². The fourth-order valence-electron chi connectivity index (χ4n) is 1.77. The van der Waals surface area contributed by atoms with Crippen LogP contribution in [0.25, 0.3) is 0 Å². The summed E-state index contributed by atoms with van der Waals surface area (Å²) in [6.07, 6.45) is 1.10. The lowest BCUT2D eigenvalue weighted by Crippen LogP contribution is -2.54. The predicted molar refractivity (Wildman–Crippen MR) is 53.1 cm³/mol. The van der Waals surface area contributed by atoms with E-state index in [0.717, 1.165) is 13.0 Å². The molecule has 2 heteroatoms. The number of likely N-dealkylation sites (tertiary alicyclic amines) is 1. The lowest BCUT2D eigenvalue weighted by Gasteiger charge is -2.46. The van der Waals surface area contributed by atoms with Crippen molar-refractivity contribution in [3.63, 3.8) is 0 Å². The first kappa shape index (κ1) is 10.0. The van der Waals surface area contributed by atoms with Crippen molar-refractivity contribution in [3.8, 4) is 0 Å². The summed E-state index contributed by atoms with van der Waals surface area (Å²) in [5.41, 5.74) is 6.46. The third-order valence-corrected chi connectivity index (χ3v) is 2.38. The van der Waals surface area contributed by atoms with Gasteiger partial charge in [0.1, 0.15) is 0 Å². The van der Waals surface area contributed by atoms with E-state index < -0.39 is 0 Å². The second kappa shape index (κ2) is 3.00. The topological polar surface area (TPSA) is 29.3 Å². The minimum atomic E-state index is -0.000265. The summed E-state index contributed by atoms with van der Waals surface area (Å²) in [5.74, 6) is 0. The van der Waals surface area contributed by atoms with Crippen LogP contribution in [0, 0.1) is 5.41 Å². The zero-order valence-corrected chi connectivity index (χ0v) is 8.85. The van der Waals surface area contributed by atoms with Gasteiger partial charge in [0.25, 0.3) is 0 Å². The van der Waals surface area contributed by atoms with E-state index in [-0.39, 0.29) is 5.54 Å². The summed E-state index contributed by atoms with van der Waals surface area (Å²) in [7, 11) is 0. The van der Waals surface area contributed by atoms with Gasteiger partial charge in [0.15, 0.2) is 0 Å². The smallest absolute Gasteiger partial charge is 0.0109 e. The number of hydrogen-bond donors (Lipinski definition) is 1. The average Bonchev–Trinajstić information content (AvgIpc) is 1.76. The minimum absolute atomic E-state index is 0.000265. The Labute approximate surface area is 76.1 Å².